The molecule has 0 unspecified atom stereocenters. The molecule has 1 aliphatic heterocycles. The molecule has 1 rings (SSSR count). The Morgan fingerprint density at radius 1 is 0.900 bits per heavy atom. The van der Waals surface area contributed by atoms with Crippen molar-refractivity contribution in [2.45, 2.75) is 19.3 Å². The van der Waals surface area contributed by atoms with Crippen molar-refractivity contribution in [2.75, 3.05) is 13.1 Å². The molecule has 0 amide bonds. The second-order valence-electron chi connectivity index (χ2n) is 2.35. The molecular weight excluding hydrogens is 152 g/mol. The van der Waals surface area contributed by atoms with Crippen molar-refractivity contribution in [1.29, 1.82) is 0 Å². The molecule has 1 fully saturated rings. The summed E-state index contributed by atoms with van der Waals surface area (Å²) in [5.41, 5.74) is 0. The highest BCUT2D eigenvalue weighted by Gasteiger charge is 2.09. The minimum absolute atomic E-state index is 0.565. The van der Waals surface area contributed by atoms with E-state index in [-0.39, 0.29) is 0 Å². The van der Waals surface area contributed by atoms with Gasteiger partial charge in [-0.05, 0) is 12.8 Å². The van der Waals surface area contributed by atoms with Gasteiger partial charge in [-0.15, -0.1) is 0 Å². The topological polar surface area (TPSA) is 58.2 Å². The van der Waals surface area contributed by atoms with Gasteiger partial charge in [0.25, 0.3) is 10.2 Å². The first-order valence-corrected chi connectivity index (χ1v) is 4.93. The van der Waals surface area contributed by atoms with E-state index in [1.165, 1.54) is 0 Å². The zero-order valence-corrected chi connectivity index (χ0v) is 6.58. The fourth-order valence-corrected chi connectivity index (χ4v) is 1.82. The molecular formula is C5H12N2O2S. The molecule has 5 heteroatoms. The predicted molar refractivity (Wildman–Crippen MR) is 38.8 cm³/mol. The molecule has 0 aromatic carbocycles. The Kier molecular flexibility index (Phi) is 2.64. The highest BCUT2D eigenvalue weighted by Crippen LogP contribution is 1.96. The molecule has 0 aromatic rings. The summed E-state index contributed by atoms with van der Waals surface area (Å²) >= 11 is 0. The Bertz CT molecular complexity index is 174. The van der Waals surface area contributed by atoms with E-state index in [1.807, 2.05) is 0 Å². The van der Waals surface area contributed by atoms with Crippen LogP contribution < -0.4 is 9.44 Å². The molecule has 4 nitrogen and oxygen atoms in total. The second-order valence-corrected chi connectivity index (χ2v) is 3.94. The molecule has 1 aliphatic rings. The summed E-state index contributed by atoms with van der Waals surface area (Å²) < 4.78 is 26.4. The third-order valence-electron chi connectivity index (χ3n) is 1.44. The maximum atomic E-state index is 10.8. The highest BCUT2D eigenvalue weighted by molar-refractivity contribution is 7.87. The molecule has 10 heavy (non-hydrogen) atoms. The smallest absolute Gasteiger partial charge is 0.202 e. The first-order chi connectivity index (χ1) is 4.71. The normalized spacial score (nSPS) is 26.8. The fraction of sp³-hybridized carbons (Fsp3) is 1.00. The SMILES string of the molecule is O=S1(=O)NCCCCCN1. The Labute approximate surface area is 61.2 Å². The largest absolute Gasteiger partial charge is 0.276 e. The lowest BCUT2D eigenvalue weighted by atomic mass is 10.2. The Balaban J connectivity index is 2.46. The summed E-state index contributed by atoms with van der Waals surface area (Å²) in [6.07, 6.45) is 2.98. The molecule has 2 N–H and O–H groups in total. The van der Waals surface area contributed by atoms with E-state index in [1.54, 1.807) is 0 Å². The summed E-state index contributed by atoms with van der Waals surface area (Å²) in [7, 11) is -3.14. The van der Waals surface area contributed by atoms with Gasteiger partial charge in [-0.3, -0.25) is 0 Å². The minimum Gasteiger partial charge on any atom is -0.202 e. The third-order valence-corrected chi connectivity index (χ3v) is 2.61. The van der Waals surface area contributed by atoms with Crippen LogP contribution in [0.1, 0.15) is 19.3 Å². The lowest BCUT2D eigenvalue weighted by Crippen LogP contribution is -2.38. The van der Waals surface area contributed by atoms with E-state index >= 15 is 0 Å². The van der Waals surface area contributed by atoms with Crippen LogP contribution in [0.5, 0.6) is 0 Å². The van der Waals surface area contributed by atoms with Gasteiger partial charge in [0, 0.05) is 13.1 Å². The molecule has 0 aromatic heterocycles. The van der Waals surface area contributed by atoms with Crippen molar-refractivity contribution in [3.05, 3.63) is 0 Å². The first-order valence-electron chi connectivity index (χ1n) is 3.45. The monoisotopic (exact) mass is 164 g/mol. The lowest BCUT2D eigenvalue weighted by molar-refractivity contribution is 0.542. The van der Waals surface area contributed by atoms with Crippen LogP contribution in [-0.4, -0.2) is 21.5 Å². The molecule has 0 bridgehead atoms. The van der Waals surface area contributed by atoms with Gasteiger partial charge in [-0.2, -0.15) is 8.42 Å². The average Bonchev–Trinajstić information content (AvgIpc) is 1.81. The average molecular weight is 164 g/mol. The molecule has 0 spiro atoms. The summed E-state index contributed by atoms with van der Waals surface area (Å²) in [6, 6.07) is 0. The van der Waals surface area contributed by atoms with Crippen LogP contribution in [0.4, 0.5) is 0 Å². The van der Waals surface area contributed by atoms with Crippen LogP contribution in [0.3, 0.4) is 0 Å². The molecule has 0 atom stereocenters. The third kappa shape index (κ3) is 2.64. The number of rotatable bonds is 0. The van der Waals surface area contributed by atoms with Gasteiger partial charge in [-0.1, -0.05) is 6.42 Å². The summed E-state index contributed by atoms with van der Waals surface area (Å²) in [6.45, 7) is 1.13. The molecule has 0 radical (unpaired) electrons. The zero-order chi connectivity index (χ0) is 7.45. The van der Waals surface area contributed by atoms with Crippen molar-refractivity contribution in [1.82, 2.24) is 9.44 Å². The standard InChI is InChI=1S/C5H12N2O2S/c8-10(9)6-4-2-1-3-5-7-10/h6-7H,1-5H2. The van der Waals surface area contributed by atoms with Gasteiger partial charge in [0.15, 0.2) is 0 Å². The van der Waals surface area contributed by atoms with E-state index in [0.29, 0.717) is 13.1 Å². The van der Waals surface area contributed by atoms with Crippen molar-refractivity contribution in [2.24, 2.45) is 0 Å². The first kappa shape index (κ1) is 7.97. The van der Waals surface area contributed by atoms with Crippen molar-refractivity contribution in [3.63, 3.8) is 0 Å². The predicted octanol–water partition coefficient (Wildman–Crippen LogP) is -0.406. The second kappa shape index (κ2) is 3.32. The van der Waals surface area contributed by atoms with E-state index in [4.69, 9.17) is 0 Å². The van der Waals surface area contributed by atoms with Gasteiger partial charge in [-0.25, -0.2) is 9.44 Å². The molecule has 1 saturated heterocycles. The fourth-order valence-electron chi connectivity index (χ4n) is 0.891. The maximum absolute atomic E-state index is 10.8. The van der Waals surface area contributed by atoms with Crippen LogP contribution in [0.15, 0.2) is 0 Å². The van der Waals surface area contributed by atoms with Gasteiger partial charge in [0.2, 0.25) is 0 Å². The zero-order valence-electron chi connectivity index (χ0n) is 5.76. The molecule has 1 heterocycles. The maximum Gasteiger partial charge on any atom is 0.276 e. The number of hydrogen-bond donors (Lipinski definition) is 2. The Hall–Kier alpha value is -0.130. The van der Waals surface area contributed by atoms with E-state index in [0.717, 1.165) is 19.3 Å². The molecule has 0 aliphatic carbocycles. The molecule has 60 valence electrons. The highest BCUT2D eigenvalue weighted by atomic mass is 32.2. The van der Waals surface area contributed by atoms with Crippen LogP contribution in [-0.2, 0) is 10.2 Å². The number of nitrogens with one attached hydrogen (secondary N) is 2. The van der Waals surface area contributed by atoms with Crippen LogP contribution in [0.2, 0.25) is 0 Å². The van der Waals surface area contributed by atoms with Gasteiger partial charge in [0.05, 0.1) is 0 Å². The molecule has 0 saturated carbocycles. The van der Waals surface area contributed by atoms with Crippen LogP contribution in [0, 0.1) is 0 Å². The quantitative estimate of drug-likeness (QED) is 0.511. The van der Waals surface area contributed by atoms with Crippen molar-refractivity contribution in [3.8, 4) is 0 Å². The van der Waals surface area contributed by atoms with Gasteiger partial charge in [0.1, 0.15) is 0 Å². The van der Waals surface area contributed by atoms with E-state index in [2.05, 4.69) is 9.44 Å². The van der Waals surface area contributed by atoms with Crippen molar-refractivity contribution < 1.29 is 8.42 Å². The summed E-state index contributed by atoms with van der Waals surface area (Å²) in [4.78, 5) is 0. The summed E-state index contributed by atoms with van der Waals surface area (Å²) in [5.74, 6) is 0. The van der Waals surface area contributed by atoms with Gasteiger partial charge < -0.3 is 0 Å². The summed E-state index contributed by atoms with van der Waals surface area (Å²) in [5, 5.41) is 0. The van der Waals surface area contributed by atoms with Crippen LogP contribution >= 0.6 is 0 Å². The Morgan fingerprint density at radius 2 is 1.40 bits per heavy atom. The van der Waals surface area contributed by atoms with Crippen LogP contribution in [0.25, 0.3) is 0 Å². The van der Waals surface area contributed by atoms with E-state index in [9.17, 15) is 8.42 Å². The lowest BCUT2D eigenvalue weighted by Gasteiger charge is -2.11. The van der Waals surface area contributed by atoms with Gasteiger partial charge >= 0.3 is 0 Å². The van der Waals surface area contributed by atoms with E-state index < -0.39 is 10.2 Å². The minimum atomic E-state index is -3.14. The number of hydrogen-bond acceptors (Lipinski definition) is 2. The van der Waals surface area contributed by atoms with Crippen molar-refractivity contribution >= 4 is 10.2 Å². The Morgan fingerprint density at radius 3 is 1.90 bits per heavy atom.